The molecule has 1 aromatic carbocycles. The molecule has 2 N–H and O–H groups in total. The molecule has 5 heteroatoms. The molecule has 114 valence electrons. The van der Waals surface area contributed by atoms with Gasteiger partial charge in [-0.05, 0) is 36.5 Å². The molecule has 1 aliphatic carbocycles. The maximum atomic E-state index is 11.9. The number of benzene rings is 1. The Morgan fingerprint density at radius 2 is 1.90 bits per heavy atom. The summed E-state index contributed by atoms with van der Waals surface area (Å²) >= 11 is 0. The van der Waals surface area contributed by atoms with E-state index < -0.39 is 11.5 Å². The van der Waals surface area contributed by atoms with Gasteiger partial charge in [0.2, 0.25) is 5.91 Å². The molecule has 0 atom stereocenters. The van der Waals surface area contributed by atoms with Crippen LogP contribution in [0.4, 0.5) is 0 Å². The number of ether oxygens (including phenoxy) is 1. The van der Waals surface area contributed by atoms with Crippen LogP contribution in [-0.4, -0.2) is 29.1 Å². The summed E-state index contributed by atoms with van der Waals surface area (Å²) in [5, 5.41) is 11.6. The lowest BCUT2D eigenvalue weighted by Gasteiger charge is -2.13. The van der Waals surface area contributed by atoms with Gasteiger partial charge in [-0.3, -0.25) is 4.79 Å². The Labute approximate surface area is 124 Å². The Balaban J connectivity index is 1.85. The summed E-state index contributed by atoms with van der Waals surface area (Å²) < 4.78 is 5.57. The molecule has 1 aliphatic rings. The van der Waals surface area contributed by atoms with E-state index in [1.54, 1.807) is 0 Å². The first kappa shape index (κ1) is 15.4. The quantitative estimate of drug-likeness (QED) is 0.805. The van der Waals surface area contributed by atoms with Crippen molar-refractivity contribution in [3.8, 4) is 5.75 Å². The second-order valence-electron chi connectivity index (χ2n) is 5.96. The van der Waals surface area contributed by atoms with Crippen LogP contribution in [0.5, 0.6) is 5.75 Å². The Hall–Kier alpha value is -2.04. The van der Waals surface area contributed by atoms with Crippen LogP contribution in [0, 0.1) is 5.92 Å². The average Bonchev–Trinajstić information content (AvgIpc) is 3.18. The van der Waals surface area contributed by atoms with E-state index in [0.717, 1.165) is 11.3 Å². The molecule has 5 nitrogen and oxygen atoms in total. The molecule has 0 aliphatic heterocycles. The van der Waals surface area contributed by atoms with Gasteiger partial charge in [0, 0.05) is 0 Å². The summed E-state index contributed by atoms with van der Waals surface area (Å²) in [7, 11) is 0. The molecule has 0 unspecified atom stereocenters. The third-order valence-electron chi connectivity index (χ3n) is 3.41. The van der Waals surface area contributed by atoms with Crippen LogP contribution in [0.3, 0.4) is 0 Å². The maximum absolute atomic E-state index is 11.9. The molecule has 1 amide bonds. The highest BCUT2D eigenvalue weighted by atomic mass is 16.5. The number of rotatable bonds is 7. The van der Waals surface area contributed by atoms with Crippen LogP contribution >= 0.6 is 0 Å². The monoisotopic (exact) mass is 291 g/mol. The minimum atomic E-state index is -1.02. The van der Waals surface area contributed by atoms with Crippen LogP contribution in [-0.2, 0) is 16.0 Å². The van der Waals surface area contributed by atoms with E-state index in [9.17, 15) is 9.59 Å². The molecule has 0 spiro atoms. The summed E-state index contributed by atoms with van der Waals surface area (Å²) in [6.07, 6.45) is 1.20. The van der Waals surface area contributed by atoms with Gasteiger partial charge in [-0.15, -0.1) is 0 Å². The van der Waals surface area contributed by atoms with E-state index in [4.69, 9.17) is 9.84 Å². The topological polar surface area (TPSA) is 75.6 Å². The number of hydrogen-bond donors (Lipinski definition) is 2. The summed E-state index contributed by atoms with van der Waals surface area (Å²) in [5.74, 6) is 0.0253. The van der Waals surface area contributed by atoms with E-state index in [-0.39, 0.29) is 12.3 Å². The number of carboxylic acids is 1. The SMILES string of the molecule is CC(C)COc1ccc(CC(=O)NC2(C(=O)O)CC2)cc1. The minimum absolute atomic E-state index is 0.180. The molecule has 1 aromatic rings. The highest BCUT2D eigenvalue weighted by molar-refractivity contribution is 5.90. The van der Waals surface area contributed by atoms with Crippen LogP contribution in [0.1, 0.15) is 32.3 Å². The lowest BCUT2D eigenvalue weighted by Crippen LogP contribution is -2.43. The van der Waals surface area contributed by atoms with E-state index in [0.29, 0.717) is 25.4 Å². The predicted molar refractivity (Wildman–Crippen MR) is 78.2 cm³/mol. The number of carboxylic acid groups (broad SMARTS) is 1. The van der Waals surface area contributed by atoms with Gasteiger partial charge >= 0.3 is 5.97 Å². The van der Waals surface area contributed by atoms with Gasteiger partial charge in [0.15, 0.2) is 0 Å². The van der Waals surface area contributed by atoms with Gasteiger partial charge in [0.05, 0.1) is 13.0 Å². The van der Waals surface area contributed by atoms with Gasteiger partial charge < -0.3 is 15.2 Å². The van der Waals surface area contributed by atoms with Crippen LogP contribution in [0.25, 0.3) is 0 Å². The molecule has 21 heavy (non-hydrogen) atoms. The average molecular weight is 291 g/mol. The third-order valence-corrected chi connectivity index (χ3v) is 3.41. The lowest BCUT2D eigenvalue weighted by atomic mass is 10.1. The Bertz CT molecular complexity index is 518. The summed E-state index contributed by atoms with van der Waals surface area (Å²) in [6.45, 7) is 4.81. The zero-order valence-corrected chi connectivity index (χ0v) is 12.4. The fourth-order valence-electron chi connectivity index (χ4n) is 1.98. The molecule has 0 aromatic heterocycles. The second-order valence-corrected chi connectivity index (χ2v) is 5.96. The smallest absolute Gasteiger partial charge is 0.329 e. The van der Waals surface area contributed by atoms with E-state index in [2.05, 4.69) is 19.2 Å². The van der Waals surface area contributed by atoms with E-state index >= 15 is 0 Å². The van der Waals surface area contributed by atoms with Crippen molar-refractivity contribution in [2.24, 2.45) is 5.92 Å². The minimum Gasteiger partial charge on any atom is -0.493 e. The first-order valence-electron chi connectivity index (χ1n) is 7.17. The van der Waals surface area contributed by atoms with Crippen molar-refractivity contribution in [2.45, 2.75) is 38.6 Å². The van der Waals surface area contributed by atoms with Gasteiger partial charge in [0.25, 0.3) is 0 Å². The van der Waals surface area contributed by atoms with Crippen molar-refractivity contribution in [1.29, 1.82) is 0 Å². The van der Waals surface area contributed by atoms with Gasteiger partial charge in [-0.25, -0.2) is 4.79 Å². The summed E-state index contributed by atoms with van der Waals surface area (Å²) in [4.78, 5) is 22.9. The van der Waals surface area contributed by atoms with Crippen LogP contribution in [0.15, 0.2) is 24.3 Å². The highest BCUT2D eigenvalue weighted by Gasteiger charge is 2.51. The van der Waals surface area contributed by atoms with Crippen molar-refractivity contribution in [3.05, 3.63) is 29.8 Å². The van der Waals surface area contributed by atoms with Crippen molar-refractivity contribution < 1.29 is 19.4 Å². The Morgan fingerprint density at radius 3 is 2.38 bits per heavy atom. The molecule has 1 fully saturated rings. The molecule has 0 radical (unpaired) electrons. The van der Waals surface area contributed by atoms with Crippen LogP contribution in [0.2, 0.25) is 0 Å². The normalized spacial score (nSPS) is 15.6. The summed E-state index contributed by atoms with van der Waals surface area (Å²) in [5.41, 5.74) is -0.178. The van der Waals surface area contributed by atoms with E-state index in [1.165, 1.54) is 0 Å². The molecule has 2 rings (SSSR count). The predicted octanol–water partition coefficient (Wildman–Crippen LogP) is 2.00. The van der Waals surface area contributed by atoms with Gasteiger partial charge in [-0.1, -0.05) is 26.0 Å². The maximum Gasteiger partial charge on any atom is 0.329 e. The fourth-order valence-corrected chi connectivity index (χ4v) is 1.98. The Morgan fingerprint density at radius 1 is 1.29 bits per heavy atom. The number of nitrogens with one attached hydrogen (secondary N) is 1. The standard InChI is InChI=1S/C16H21NO4/c1-11(2)10-21-13-5-3-12(4-6-13)9-14(18)17-16(7-8-16)15(19)20/h3-6,11H,7-10H2,1-2H3,(H,17,18)(H,19,20). The zero-order chi connectivity index (χ0) is 15.5. The van der Waals surface area contributed by atoms with Gasteiger partial charge in [0.1, 0.15) is 11.3 Å². The van der Waals surface area contributed by atoms with Crippen molar-refractivity contribution >= 4 is 11.9 Å². The fraction of sp³-hybridized carbons (Fsp3) is 0.500. The van der Waals surface area contributed by atoms with Crippen LogP contribution < -0.4 is 10.1 Å². The lowest BCUT2D eigenvalue weighted by molar-refractivity contribution is -0.143. The van der Waals surface area contributed by atoms with Crippen molar-refractivity contribution in [2.75, 3.05) is 6.61 Å². The number of carbonyl (C=O) groups is 2. The number of aliphatic carboxylic acids is 1. The van der Waals surface area contributed by atoms with Gasteiger partial charge in [-0.2, -0.15) is 0 Å². The molecular weight excluding hydrogens is 270 g/mol. The summed E-state index contributed by atoms with van der Waals surface area (Å²) in [6, 6.07) is 7.31. The van der Waals surface area contributed by atoms with E-state index in [1.807, 2.05) is 24.3 Å². The second kappa shape index (κ2) is 6.16. The third kappa shape index (κ3) is 4.21. The first-order valence-corrected chi connectivity index (χ1v) is 7.17. The highest BCUT2D eigenvalue weighted by Crippen LogP contribution is 2.35. The molecular formula is C16H21NO4. The van der Waals surface area contributed by atoms with Crippen molar-refractivity contribution in [1.82, 2.24) is 5.32 Å². The molecule has 1 saturated carbocycles. The number of amides is 1. The number of hydrogen-bond acceptors (Lipinski definition) is 3. The molecule has 0 heterocycles. The molecule has 0 saturated heterocycles. The zero-order valence-electron chi connectivity index (χ0n) is 12.4. The number of carbonyl (C=O) groups excluding carboxylic acids is 1. The largest absolute Gasteiger partial charge is 0.493 e. The Kier molecular flexibility index (Phi) is 4.50. The first-order chi connectivity index (χ1) is 9.91. The molecule has 0 bridgehead atoms. The van der Waals surface area contributed by atoms with Crippen molar-refractivity contribution in [3.63, 3.8) is 0 Å².